The van der Waals surface area contributed by atoms with E-state index in [4.69, 9.17) is 16.3 Å². The maximum absolute atomic E-state index is 12.7. The summed E-state index contributed by atoms with van der Waals surface area (Å²) in [5.74, 6) is 0.813. The third kappa shape index (κ3) is 3.67. The van der Waals surface area contributed by atoms with Crippen molar-refractivity contribution in [3.8, 4) is 5.88 Å². The standard InChI is InChI=1S/C16H16ClN5O4/c1-26-15-5-4-14(18-19-15)20-6-8-21(9-7-20)16(23)12-10-11(22(24)25)2-3-13(12)17/h2-5,10H,6-9H2,1H3. The van der Waals surface area contributed by atoms with Gasteiger partial charge in [0.25, 0.3) is 11.6 Å². The highest BCUT2D eigenvalue weighted by Gasteiger charge is 2.25. The number of ether oxygens (including phenoxy) is 1. The molecule has 1 amide bonds. The summed E-state index contributed by atoms with van der Waals surface area (Å²) in [7, 11) is 1.52. The monoisotopic (exact) mass is 377 g/mol. The molecule has 1 aromatic carbocycles. The van der Waals surface area contributed by atoms with E-state index in [-0.39, 0.29) is 22.2 Å². The van der Waals surface area contributed by atoms with Crippen molar-refractivity contribution in [2.45, 2.75) is 0 Å². The highest BCUT2D eigenvalue weighted by Crippen LogP contribution is 2.24. The number of benzene rings is 1. The summed E-state index contributed by atoms with van der Waals surface area (Å²) in [6.07, 6.45) is 0. The number of methoxy groups -OCH3 is 1. The molecule has 0 bridgehead atoms. The smallest absolute Gasteiger partial charge is 0.270 e. The molecule has 136 valence electrons. The number of carbonyl (C=O) groups excluding carboxylic acids is 1. The molecule has 1 fully saturated rings. The highest BCUT2D eigenvalue weighted by atomic mass is 35.5. The molecule has 0 N–H and O–H groups in total. The zero-order chi connectivity index (χ0) is 18.7. The molecule has 0 radical (unpaired) electrons. The van der Waals surface area contributed by atoms with Crippen LogP contribution in [0, 0.1) is 10.1 Å². The van der Waals surface area contributed by atoms with Gasteiger partial charge in [-0.2, -0.15) is 0 Å². The Morgan fingerprint density at radius 1 is 1.19 bits per heavy atom. The van der Waals surface area contributed by atoms with E-state index in [1.54, 1.807) is 17.0 Å². The Kier molecular flexibility index (Phi) is 5.17. The Labute approximate surface area is 154 Å². The molecule has 10 heteroatoms. The van der Waals surface area contributed by atoms with Crippen LogP contribution >= 0.6 is 11.6 Å². The van der Waals surface area contributed by atoms with Crippen LogP contribution in [-0.2, 0) is 0 Å². The van der Waals surface area contributed by atoms with E-state index in [0.717, 1.165) is 0 Å². The van der Waals surface area contributed by atoms with Gasteiger partial charge in [0.15, 0.2) is 5.82 Å². The molecule has 9 nitrogen and oxygen atoms in total. The Balaban J connectivity index is 1.68. The number of anilines is 1. The summed E-state index contributed by atoms with van der Waals surface area (Å²) in [6, 6.07) is 7.39. The fourth-order valence-electron chi connectivity index (χ4n) is 2.69. The predicted octanol–water partition coefficient (Wildman–Crippen LogP) is 2.01. The third-order valence-electron chi connectivity index (χ3n) is 4.12. The Hall–Kier alpha value is -2.94. The van der Waals surface area contributed by atoms with Crippen LogP contribution in [0.25, 0.3) is 0 Å². The van der Waals surface area contributed by atoms with Gasteiger partial charge in [0, 0.05) is 44.4 Å². The minimum Gasteiger partial charge on any atom is -0.480 e. The SMILES string of the molecule is COc1ccc(N2CCN(C(=O)c3cc([N+](=O)[O-])ccc3Cl)CC2)nn1. The highest BCUT2D eigenvalue weighted by molar-refractivity contribution is 6.33. The van der Waals surface area contributed by atoms with E-state index in [2.05, 4.69) is 10.2 Å². The molecule has 0 saturated carbocycles. The van der Waals surface area contributed by atoms with Crippen molar-refractivity contribution in [3.63, 3.8) is 0 Å². The Morgan fingerprint density at radius 2 is 1.92 bits per heavy atom. The van der Waals surface area contributed by atoms with Crippen molar-refractivity contribution in [1.29, 1.82) is 0 Å². The van der Waals surface area contributed by atoms with Gasteiger partial charge in [-0.05, 0) is 12.1 Å². The van der Waals surface area contributed by atoms with Crippen LogP contribution in [0.5, 0.6) is 5.88 Å². The number of hydrogen-bond donors (Lipinski definition) is 0. The van der Waals surface area contributed by atoms with Gasteiger partial charge in [0.1, 0.15) is 0 Å². The second-order valence-electron chi connectivity index (χ2n) is 5.63. The lowest BCUT2D eigenvalue weighted by Crippen LogP contribution is -2.49. The lowest BCUT2D eigenvalue weighted by atomic mass is 10.1. The largest absolute Gasteiger partial charge is 0.480 e. The van der Waals surface area contributed by atoms with E-state index in [0.29, 0.717) is 37.9 Å². The molecule has 0 spiro atoms. The van der Waals surface area contributed by atoms with Crippen molar-refractivity contribution in [1.82, 2.24) is 15.1 Å². The number of non-ortho nitro benzene ring substituents is 1. The molecule has 2 aromatic rings. The lowest BCUT2D eigenvalue weighted by Gasteiger charge is -2.35. The molecule has 1 saturated heterocycles. The number of nitrogens with zero attached hydrogens (tertiary/aromatic N) is 5. The molecule has 0 atom stereocenters. The van der Waals surface area contributed by atoms with Crippen LogP contribution < -0.4 is 9.64 Å². The number of aromatic nitrogens is 2. The van der Waals surface area contributed by atoms with Crippen LogP contribution in [0.2, 0.25) is 5.02 Å². The number of amides is 1. The molecule has 1 aromatic heterocycles. The van der Waals surface area contributed by atoms with Gasteiger partial charge < -0.3 is 14.5 Å². The Bertz CT molecular complexity index is 822. The number of hydrogen-bond acceptors (Lipinski definition) is 7. The molecule has 3 rings (SSSR count). The first-order valence-electron chi connectivity index (χ1n) is 7.85. The fraction of sp³-hybridized carbons (Fsp3) is 0.312. The number of carbonyl (C=O) groups is 1. The second-order valence-corrected chi connectivity index (χ2v) is 6.04. The second kappa shape index (κ2) is 7.52. The number of piperazine rings is 1. The molecule has 26 heavy (non-hydrogen) atoms. The average Bonchev–Trinajstić information content (AvgIpc) is 2.68. The molecule has 0 aliphatic carbocycles. The molecule has 2 heterocycles. The quantitative estimate of drug-likeness (QED) is 0.593. The van der Waals surface area contributed by atoms with Crippen molar-refractivity contribution in [2.75, 3.05) is 38.2 Å². The summed E-state index contributed by atoms with van der Waals surface area (Å²) < 4.78 is 4.99. The van der Waals surface area contributed by atoms with Gasteiger partial charge in [0.05, 0.1) is 22.6 Å². The topological polar surface area (TPSA) is 102 Å². The maximum Gasteiger partial charge on any atom is 0.270 e. The number of halogens is 1. The van der Waals surface area contributed by atoms with Crippen molar-refractivity contribution in [3.05, 3.63) is 51.0 Å². The molecular weight excluding hydrogens is 362 g/mol. The van der Waals surface area contributed by atoms with Crippen molar-refractivity contribution in [2.24, 2.45) is 0 Å². The van der Waals surface area contributed by atoms with Gasteiger partial charge in [-0.1, -0.05) is 11.6 Å². The number of nitro benzene ring substituents is 1. The van der Waals surface area contributed by atoms with Crippen LogP contribution in [0.15, 0.2) is 30.3 Å². The predicted molar refractivity (Wildman–Crippen MR) is 94.8 cm³/mol. The fourth-order valence-corrected chi connectivity index (χ4v) is 2.89. The van der Waals surface area contributed by atoms with Crippen LogP contribution in [-0.4, -0.2) is 59.2 Å². The summed E-state index contributed by atoms with van der Waals surface area (Å²) >= 11 is 6.06. The normalized spacial score (nSPS) is 14.2. The van der Waals surface area contributed by atoms with Crippen LogP contribution in [0.3, 0.4) is 0 Å². The molecule has 1 aliphatic rings. The first-order valence-corrected chi connectivity index (χ1v) is 8.23. The first kappa shape index (κ1) is 17.9. The molecule has 0 unspecified atom stereocenters. The summed E-state index contributed by atoms with van der Waals surface area (Å²) in [5.41, 5.74) is -0.0246. The van der Waals surface area contributed by atoms with Gasteiger partial charge >= 0.3 is 0 Å². The number of rotatable bonds is 4. The van der Waals surface area contributed by atoms with E-state index in [1.165, 1.54) is 25.3 Å². The van der Waals surface area contributed by atoms with E-state index < -0.39 is 4.92 Å². The van der Waals surface area contributed by atoms with Gasteiger partial charge in [0.2, 0.25) is 5.88 Å². The molecular formula is C16H16ClN5O4. The molecule has 1 aliphatic heterocycles. The average molecular weight is 378 g/mol. The van der Waals surface area contributed by atoms with E-state index in [1.807, 2.05) is 4.90 Å². The van der Waals surface area contributed by atoms with E-state index >= 15 is 0 Å². The minimum absolute atomic E-state index is 0.138. The summed E-state index contributed by atoms with van der Waals surface area (Å²) in [6.45, 7) is 2.04. The van der Waals surface area contributed by atoms with E-state index in [9.17, 15) is 14.9 Å². The van der Waals surface area contributed by atoms with Crippen molar-refractivity contribution >= 4 is 29.0 Å². The zero-order valence-corrected chi connectivity index (χ0v) is 14.7. The first-order chi connectivity index (χ1) is 12.5. The van der Waals surface area contributed by atoms with Crippen molar-refractivity contribution < 1.29 is 14.5 Å². The third-order valence-corrected chi connectivity index (χ3v) is 4.45. The van der Waals surface area contributed by atoms with Gasteiger partial charge in [-0.25, -0.2) is 0 Å². The van der Waals surface area contributed by atoms with Gasteiger partial charge in [-0.3, -0.25) is 14.9 Å². The summed E-state index contributed by atoms with van der Waals surface area (Å²) in [4.78, 5) is 26.7. The van der Waals surface area contributed by atoms with Gasteiger partial charge in [-0.15, -0.1) is 10.2 Å². The maximum atomic E-state index is 12.7. The minimum atomic E-state index is -0.548. The summed E-state index contributed by atoms with van der Waals surface area (Å²) in [5, 5.41) is 19.2. The lowest BCUT2D eigenvalue weighted by molar-refractivity contribution is -0.384. The number of nitro groups is 1. The Morgan fingerprint density at radius 3 is 2.50 bits per heavy atom. The van der Waals surface area contributed by atoms with Crippen LogP contribution in [0.1, 0.15) is 10.4 Å². The van der Waals surface area contributed by atoms with Crippen LogP contribution in [0.4, 0.5) is 11.5 Å². The zero-order valence-electron chi connectivity index (χ0n) is 14.0.